The predicted octanol–water partition coefficient (Wildman–Crippen LogP) is 3.11. The van der Waals surface area contributed by atoms with E-state index in [1.807, 2.05) is 49.6 Å². The summed E-state index contributed by atoms with van der Waals surface area (Å²) in [4.78, 5) is 16.6. The maximum Gasteiger partial charge on any atom is 0.222 e. The zero-order valence-corrected chi connectivity index (χ0v) is 13.2. The van der Waals surface area contributed by atoms with Gasteiger partial charge in [0.2, 0.25) is 5.91 Å². The number of thiazole rings is 1. The van der Waals surface area contributed by atoms with Crippen molar-refractivity contribution in [3.05, 3.63) is 52.0 Å². The van der Waals surface area contributed by atoms with E-state index < -0.39 is 0 Å². The predicted molar refractivity (Wildman–Crippen MR) is 86.0 cm³/mol. The number of carbonyl (C=O) groups excluding carboxylic acids is 1. The number of hydrogen-bond acceptors (Lipinski definition) is 4. The average molecular weight is 303 g/mol. The van der Waals surface area contributed by atoms with Crippen molar-refractivity contribution < 1.29 is 4.79 Å². The van der Waals surface area contributed by atoms with Gasteiger partial charge in [-0.25, -0.2) is 4.98 Å². The van der Waals surface area contributed by atoms with Crippen molar-refractivity contribution in [3.8, 4) is 0 Å². The number of rotatable bonds is 6. The van der Waals surface area contributed by atoms with Crippen LogP contribution in [0.25, 0.3) is 0 Å². The topological polar surface area (TPSA) is 68.0 Å². The lowest BCUT2D eigenvalue weighted by molar-refractivity contribution is -0.122. The second kappa shape index (κ2) is 7.33. The van der Waals surface area contributed by atoms with Crippen LogP contribution in [0, 0.1) is 6.92 Å². The molecule has 0 spiro atoms. The summed E-state index contributed by atoms with van der Waals surface area (Å²) in [6.07, 6.45) is 1.10. The van der Waals surface area contributed by atoms with Gasteiger partial charge >= 0.3 is 0 Å². The summed E-state index contributed by atoms with van der Waals surface area (Å²) in [5.41, 5.74) is 8.05. The lowest BCUT2D eigenvalue weighted by Gasteiger charge is -2.17. The quantitative estimate of drug-likeness (QED) is 0.861. The molecule has 1 amide bonds. The summed E-state index contributed by atoms with van der Waals surface area (Å²) in [5.74, 6) is -0.0361. The molecular weight excluding hydrogens is 282 g/mol. The van der Waals surface area contributed by atoms with Gasteiger partial charge in [0.25, 0.3) is 0 Å². The van der Waals surface area contributed by atoms with Gasteiger partial charge in [-0.1, -0.05) is 37.3 Å². The first-order valence-electron chi connectivity index (χ1n) is 7.12. The molecule has 5 heteroatoms. The average Bonchev–Trinajstić information content (AvgIpc) is 2.92. The molecule has 21 heavy (non-hydrogen) atoms. The molecule has 0 fully saturated rings. The monoisotopic (exact) mass is 303 g/mol. The van der Waals surface area contributed by atoms with Crippen LogP contribution in [0.4, 0.5) is 0 Å². The van der Waals surface area contributed by atoms with Crippen molar-refractivity contribution in [2.45, 2.75) is 38.8 Å². The number of nitrogens with one attached hydrogen (secondary N) is 1. The third kappa shape index (κ3) is 4.37. The fourth-order valence-electron chi connectivity index (χ4n) is 2.14. The lowest BCUT2D eigenvalue weighted by atomic mass is 10.0. The maximum atomic E-state index is 12.2. The molecule has 0 saturated heterocycles. The third-order valence-corrected chi connectivity index (χ3v) is 4.39. The number of carbonyl (C=O) groups is 1. The Kier molecular flexibility index (Phi) is 5.47. The Morgan fingerprint density at radius 3 is 2.67 bits per heavy atom. The second-order valence-corrected chi connectivity index (χ2v) is 5.97. The van der Waals surface area contributed by atoms with Gasteiger partial charge in [0.15, 0.2) is 0 Å². The van der Waals surface area contributed by atoms with Crippen LogP contribution in [-0.2, 0) is 4.79 Å². The highest BCUT2D eigenvalue weighted by Crippen LogP contribution is 2.21. The second-order valence-electron chi connectivity index (χ2n) is 5.08. The molecule has 3 N–H and O–H groups in total. The first-order valence-corrected chi connectivity index (χ1v) is 8.00. The van der Waals surface area contributed by atoms with Crippen LogP contribution in [0.5, 0.6) is 0 Å². The summed E-state index contributed by atoms with van der Waals surface area (Å²) < 4.78 is 0. The summed E-state index contributed by atoms with van der Waals surface area (Å²) >= 11 is 1.58. The van der Waals surface area contributed by atoms with Gasteiger partial charge in [-0.3, -0.25) is 4.79 Å². The molecule has 112 valence electrons. The van der Waals surface area contributed by atoms with Crippen molar-refractivity contribution in [2.75, 3.05) is 0 Å². The van der Waals surface area contributed by atoms with Crippen LogP contribution in [0.1, 0.15) is 48.1 Å². The molecule has 0 radical (unpaired) electrons. The summed E-state index contributed by atoms with van der Waals surface area (Å²) in [7, 11) is 0. The molecular formula is C16H21N3OS. The minimum atomic E-state index is -0.276. The Hall–Kier alpha value is -1.72. The van der Waals surface area contributed by atoms with E-state index in [-0.39, 0.29) is 24.4 Å². The molecule has 0 aliphatic carbocycles. The number of amides is 1. The van der Waals surface area contributed by atoms with E-state index in [1.54, 1.807) is 11.3 Å². The minimum Gasteiger partial charge on any atom is -0.347 e. The Bertz CT molecular complexity index is 582. The van der Waals surface area contributed by atoms with Crippen molar-refractivity contribution >= 4 is 17.2 Å². The van der Waals surface area contributed by atoms with E-state index in [2.05, 4.69) is 10.3 Å². The van der Waals surface area contributed by atoms with Crippen molar-refractivity contribution in [1.82, 2.24) is 10.3 Å². The minimum absolute atomic E-state index is 0.0285. The van der Waals surface area contributed by atoms with Gasteiger partial charge in [-0.2, -0.15) is 0 Å². The van der Waals surface area contributed by atoms with E-state index in [0.29, 0.717) is 0 Å². The molecule has 4 nitrogen and oxygen atoms in total. The Morgan fingerprint density at radius 1 is 1.38 bits per heavy atom. The summed E-state index contributed by atoms with van der Waals surface area (Å²) in [5, 5.41) is 5.98. The molecule has 1 aromatic carbocycles. The molecule has 2 rings (SSSR count). The number of nitrogens with two attached hydrogens (primary N) is 1. The van der Waals surface area contributed by atoms with Crippen LogP contribution in [-0.4, -0.2) is 10.9 Å². The zero-order valence-electron chi connectivity index (χ0n) is 12.4. The molecule has 2 unspecified atom stereocenters. The number of aromatic nitrogens is 1. The van der Waals surface area contributed by atoms with Crippen LogP contribution < -0.4 is 11.1 Å². The van der Waals surface area contributed by atoms with Gasteiger partial charge in [0.1, 0.15) is 5.01 Å². The van der Waals surface area contributed by atoms with Crippen LogP contribution in [0.15, 0.2) is 35.7 Å². The van der Waals surface area contributed by atoms with Gasteiger partial charge in [0.05, 0.1) is 6.04 Å². The maximum absolute atomic E-state index is 12.2. The molecule has 2 aromatic rings. The number of nitrogens with zero attached hydrogens (tertiary/aromatic N) is 1. The standard InChI is InChI=1S/C16H21N3OS/c1-3-14(16-18-11(2)10-21-16)19-15(20)9-13(17)12-7-5-4-6-8-12/h4-8,10,13-14H,3,9,17H2,1-2H3,(H,19,20). The van der Waals surface area contributed by atoms with Crippen molar-refractivity contribution in [3.63, 3.8) is 0 Å². The van der Waals surface area contributed by atoms with Crippen molar-refractivity contribution in [1.29, 1.82) is 0 Å². The Morgan fingerprint density at radius 2 is 2.10 bits per heavy atom. The Balaban J connectivity index is 1.94. The smallest absolute Gasteiger partial charge is 0.222 e. The van der Waals surface area contributed by atoms with Gasteiger partial charge in [-0.05, 0) is 18.9 Å². The summed E-state index contributed by atoms with van der Waals surface area (Å²) in [6.45, 7) is 4.00. The first kappa shape index (κ1) is 15.7. The van der Waals surface area contributed by atoms with E-state index in [9.17, 15) is 4.79 Å². The van der Waals surface area contributed by atoms with Gasteiger partial charge < -0.3 is 11.1 Å². The number of aryl methyl sites for hydroxylation is 1. The fourth-order valence-corrected chi connectivity index (χ4v) is 3.07. The van der Waals surface area contributed by atoms with Crippen LogP contribution >= 0.6 is 11.3 Å². The Labute approximate surface area is 129 Å². The number of hydrogen-bond donors (Lipinski definition) is 2. The zero-order chi connectivity index (χ0) is 15.2. The van der Waals surface area contributed by atoms with E-state index >= 15 is 0 Å². The van der Waals surface area contributed by atoms with E-state index in [4.69, 9.17) is 5.73 Å². The normalized spacial score (nSPS) is 13.7. The fraction of sp³-hybridized carbons (Fsp3) is 0.375. The molecule has 2 atom stereocenters. The van der Waals surface area contributed by atoms with Crippen LogP contribution in [0.3, 0.4) is 0 Å². The highest BCUT2D eigenvalue weighted by Gasteiger charge is 2.18. The number of benzene rings is 1. The van der Waals surface area contributed by atoms with Gasteiger partial charge in [0, 0.05) is 23.5 Å². The highest BCUT2D eigenvalue weighted by atomic mass is 32.1. The third-order valence-electron chi connectivity index (χ3n) is 3.31. The van der Waals surface area contributed by atoms with Gasteiger partial charge in [-0.15, -0.1) is 11.3 Å². The molecule has 0 aliphatic rings. The molecule has 1 heterocycles. The molecule has 0 aliphatic heterocycles. The highest BCUT2D eigenvalue weighted by molar-refractivity contribution is 7.09. The molecule has 0 bridgehead atoms. The lowest BCUT2D eigenvalue weighted by Crippen LogP contribution is -2.30. The van der Waals surface area contributed by atoms with E-state index in [0.717, 1.165) is 22.7 Å². The molecule has 1 aromatic heterocycles. The first-order chi connectivity index (χ1) is 10.1. The SMILES string of the molecule is CCC(NC(=O)CC(N)c1ccccc1)c1nc(C)cs1. The van der Waals surface area contributed by atoms with Crippen LogP contribution in [0.2, 0.25) is 0 Å². The molecule has 0 saturated carbocycles. The van der Waals surface area contributed by atoms with E-state index in [1.165, 1.54) is 0 Å². The summed E-state index contributed by atoms with van der Waals surface area (Å²) in [6, 6.07) is 9.38. The largest absolute Gasteiger partial charge is 0.347 e. The van der Waals surface area contributed by atoms with Crippen molar-refractivity contribution in [2.24, 2.45) is 5.73 Å².